The zero-order valence-electron chi connectivity index (χ0n) is 33.6. The molecule has 9 rings (SSSR count). The topological polar surface area (TPSA) is 135 Å². The number of pyridine rings is 2. The van der Waals surface area contributed by atoms with E-state index in [-0.39, 0.29) is 17.6 Å². The van der Waals surface area contributed by atoms with Crippen LogP contribution in [-0.4, -0.2) is 31.8 Å². The first-order valence-corrected chi connectivity index (χ1v) is 21.0. The minimum absolute atomic E-state index is 0.269. The fraction of sp³-hybridized carbons (Fsp3) is 0.0612. The molecule has 0 aliphatic carbocycles. The van der Waals surface area contributed by atoms with Crippen molar-refractivity contribution in [2.75, 3.05) is 16.0 Å². The normalized spacial score (nSPS) is 10.3. The van der Waals surface area contributed by atoms with Crippen molar-refractivity contribution in [3.63, 3.8) is 0 Å². The predicted molar refractivity (Wildman–Crippen MR) is 248 cm³/mol. The Labute approximate surface area is 362 Å². The SMILES string of the molecule is Cc1ccc(-c2cccc(NC(=O)c3ccccn3)n2)cc1.Cc1ccc(Nc2nc(-c3ccccc3)cs2)cc1.Cc1ccccc1-c1csc(NC(=O)c2ccco2)n1. The van der Waals surface area contributed by atoms with Crippen LogP contribution in [-0.2, 0) is 0 Å². The van der Waals surface area contributed by atoms with Crippen molar-refractivity contribution in [1.82, 2.24) is 19.9 Å². The lowest BCUT2D eigenvalue weighted by atomic mass is 10.1. The van der Waals surface area contributed by atoms with E-state index in [9.17, 15) is 9.59 Å². The molecule has 0 fully saturated rings. The molecule has 0 aliphatic heterocycles. The Morgan fingerprint density at radius 2 is 1.21 bits per heavy atom. The Morgan fingerprint density at radius 1 is 0.541 bits per heavy atom. The second-order valence-corrected chi connectivity index (χ2v) is 15.3. The van der Waals surface area contributed by atoms with E-state index in [0.717, 1.165) is 50.2 Å². The maximum absolute atomic E-state index is 12.1. The minimum Gasteiger partial charge on any atom is -0.459 e. The van der Waals surface area contributed by atoms with E-state index in [1.165, 1.54) is 28.7 Å². The van der Waals surface area contributed by atoms with Gasteiger partial charge in [-0.15, -0.1) is 22.7 Å². The first kappa shape index (κ1) is 41.6. The number of anilines is 4. The molecule has 61 heavy (non-hydrogen) atoms. The van der Waals surface area contributed by atoms with Crippen LogP contribution in [0.1, 0.15) is 37.7 Å². The van der Waals surface area contributed by atoms with Gasteiger partial charge in [0.25, 0.3) is 11.8 Å². The number of rotatable bonds is 9. The number of furan rings is 1. The van der Waals surface area contributed by atoms with Crippen molar-refractivity contribution < 1.29 is 14.0 Å². The van der Waals surface area contributed by atoms with Gasteiger partial charge in [-0.05, 0) is 74.9 Å². The van der Waals surface area contributed by atoms with E-state index in [0.29, 0.717) is 16.6 Å². The summed E-state index contributed by atoms with van der Waals surface area (Å²) >= 11 is 3.02. The van der Waals surface area contributed by atoms with Crippen LogP contribution in [0.15, 0.2) is 179 Å². The summed E-state index contributed by atoms with van der Waals surface area (Å²) in [5, 5.41) is 14.3. The number of aryl methyl sites for hydroxylation is 3. The van der Waals surface area contributed by atoms with Gasteiger partial charge in [-0.25, -0.2) is 15.0 Å². The highest BCUT2D eigenvalue weighted by Crippen LogP contribution is 2.29. The average molecular weight is 840 g/mol. The smallest absolute Gasteiger partial charge is 0.293 e. The predicted octanol–water partition coefficient (Wildman–Crippen LogP) is 12.5. The number of hydrogen-bond acceptors (Lipinski definition) is 10. The maximum Gasteiger partial charge on any atom is 0.293 e. The Kier molecular flexibility index (Phi) is 13.9. The number of carbonyl (C=O) groups is 2. The second kappa shape index (κ2) is 20.4. The molecular weight excluding hydrogens is 799 g/mol. The van der Waals surface area contributed by atoms with Gasteiger partial charge in [0.1, 0.15) is 11.5 Å². The summed E-state index contributed by atoms with van der Waals surface area (Å²) in [6, 6.07) is 48.7. The van der Waals surface area contributed by atoms with Crippen LogP contribution in [0.5, 0.6) is 0 Å². The monoisotopic (exact) mass is 839 g/mol. The highest BCUT2D eigenvalue weighted by atomic mass is 32.1. The number of hydrogen-bond donors (Lipinski definition) is 3. The van der Waals surface area contributed by atoms with Crippen LogP contribution in [0.2, 0.25) is 0 Å². The zero-order valence-corrected chi connectivity index (χ0v) is 35.2. The van der Waals surface area contributed by atoms with Crippen LogP contribution in [0.3, 0.4) is 0 Å². The van der Waals surface area contributed by atoms with Crippen LogP contribution in [0, 0.1) is 20.8 Å². The molecule has 0 saturated carbocycles. The molecular formula is C49H41N7O3S2. The van der Waals surface area contributed by atoms with Gasteiger partial charge in [-0.1, -0.05) is 114 Å². The van der Waals surface area contributed by atoms with Crippen molar-refractivity contribution in [1.29, 1.82) is 0 Å². The summed E-state index contributed by atoms with van der Waals surface area (Å²) in [6.45, 7) is 6.16. The zero-order chi connectivity index (χ0) is 42.4. The average Bonchev–Trinajstić information content (AvgIpc) is 4.10. The van der Waals surface area contributed by atoms with Crippen molar-refractivity contribution >= 4 is 56.3 Å². The fourth-order valence-corrected chi connectivity index (χ4v) is 7.23. The van der Waals surface area contributed by atoms with E-state index in [4.69, 9.17) is 4.42 Å². The van der Waals surface area contributed by atoms with Gasteiger partial charge in [-0.3, -0.25) is 19.9 Å². The summed E-state index contributed by atoms with van der Waals surface area (Å²) in [5.41, 5.74) is 11.0. The van der Waals surface area contributed by atoms with Crippen LogP contribution in [0.25, 0.3) is 33.8 Å². The maximum atomic E-state index is 12.1. The highest BCUT2D eigenvalue weighted by molar-refractivity contribution is 7.14. The number of carbonyl (C=O) groups excluding carboxylic acids is 2. The molecule has 5 aromatic heterocycles. The van der Waals surface area contributed by atoms with Crippen molar-refractivity contribution in [3.8, 4) is 33.8 Å². The molecule has 10 nitrogen and oxygen atoms in total. The van der Waals surface area contributed by atoms with Gasteiger partial charge in [-0.2, -0.15) is 0 Å². The lowest BCUT2D eigenvalue weighted by Gasteiger charge is -2.06. The van der Waals surface area contributed by atoms with Crippen LogP contribution in [0.4, 0.5) is 21.8 Å². The molecule has 0 saturated heterocycles. The largest absolute Gasteiger partial charge is 0.459 e. The third kappa shape index (κ3) is 11.8. The Balaban J connectivity index is 0.000000138. The summed E-state index contributed by atoms with van der Waals surface area (Å²) in [7, 11) is 0. The first-order valence-electron chi connectivity index (χ1n) is 19.2. The molecule has 0 radical (unpaired) electrons. The third-order valence-corrected chi connectivity index (χ3v) is 10.5. The van der Waals surface area contributed by atoms with E-state index in [1.54, 1.807) is 53.9 Å². The first-order chi connectivity index (χ1) is 29.8. The highest BCUT2D eigenvalue weighted by Gasteiger charge is 2.13. The molecule has 0 spiro atoms. The summed E-state index contributed by atoms with van der Waals surface area (Å²) in [6.07, 6.45) is 3.06. The molecule has 0 unspecified atom stereocenters. The minimum atomic E-state index is -0.291. The number of aromatic nitrogens is 4. The van der Waals surface area contributed by atoms with Crippen molar-refractivity contribution in [3.05, 3.63) is 203 Å². The summed E-state index contributed by atoms with van der Waals surface area (Å²) in [5.74, 6) is 0.223. The van der Waals surface area contributed by atoms with Gasteiger partial charge >= 0.3 is 0 Å². The van der Waals surface area contributed by atoms with Crippen LogP contribution < -0.4 is 16.0 Å². The van der Waals surface area contributed by atoms with Gasteiger partial charge in [0, 0.05) is 39.3 Å². The molecule has 5 heterocycles. The number of nitrogens with one attached hydrogen (secondary N) is 3. The molecule has 302 valence electrons. The molecule has 3 N–H and O–H groups in total. The molecule has 0 aliphatic rings. The molecule has 2 amide bonds. The number of amides is 2. The standard InChI is InChI=1S/C18H15N3O.C16H14N2S.C15H12N2O2S/c1-13-8-10-14(11-9-13)15-6-4-7-17(20-15)21-18(22)16-5-2-3-12-19-16;1-12-7-9-14(10-8-12)17-16-18-15(11-19-16)13-5-3-2-4-6-13;1-10-5-2-3-6-11(10)12-9-20-15(16-12)17-14(18)13-7-4-8-19-13/h2-12H,1H3,(H,20,21,22);2-11H,1H3,(H,17,18);2-9H,1H3,(H,16,17,18). The molecule has 12 heteroatoms. The third-order valence-electron chi connectivity index (χ3n) is 9.00. The molecule has 4 aromatic carbocycles. The van der Waals surface area contributed by atoms with Gasteiger partial charge in [0.15, 0.2) is 16.0 Å². The van der Waals surface area contributed by atoms with Crippen LogP contribution >= 0.6 is 22.7 Å². The molecule has 0 atom stereocenters. The van der Waals surface area contributed by atoms with E-state index in [1.807, 2.05) is 98.1 Å². The lowest BCUT2D eigenvalue weighted by Crippen LogP contribution is -2.14. The van der Waals surface area contributed by atoms with E-state index in [2.05, 4.69) is 84.6 Å². The number of nitrogens with zero attached hydrogens (tertiary/aromatic N) is 4. The Bertz CT molecular complexity index is 2790. The van der Waals surface area contributed by atoms with Gasteiger partial charge < -0.3 is 15.1 Å². The summed E-state index contributed by atoms with van der Waals surface area (Å²) < 4.78 is 5.04. The van der Waals surface area contributed by atoms with Crippen molar-refractivity contribution in [2.45, 2.75) is 20.8 Å². The number of thiazole rings is 2. The molecule has 9 aromatic rings. The van der Waals surface area contributed by atoms with E-state index < -0.39 is 0 Å². The Hall–Kier alpha value is -7.54. The number of benzene rings is 4. The summed E-state index contributed by atoms with van der Waals surface area (Å²) in [4.78, 5) is 41.5. The van der Waals surface area contributed by atoms with Crippen molar-refractivity contribution in [2.24, 2.45) is 0 Å². The van der Waals surface area contributed by atoms with Gasteiger partial charge in [0.05, 0.1) is 23.3 Å². The fourth-order valence-electron chi connectivity index (χ4n) is 5.78. The quantitative estimate of drug-likeness (QED) is 0.131. The van der Waals surface area contributed by atoms with E-state index >= 15 is 0 Å². The lowest BCUT2D eigenvalue weighted by molar-refractivity contribution is 0.0994. The van der Waals surface area contributed by atoms with Gasteiger partial charge in [0.2, 0.25) is 0 Å². The Morgan fingerprint density at radius 3 is 1.93 bits per heavy atom. The molecule has 0 bridgehead atoms. The second-order valence-electron chi connectivity index (χ2n) is 13.6.